The third-order valence-electron chi connectivity index (χ3n) is 4.50. The Morgan fingerprint density at radius 1 is 1.25 bits per heavy atom. The van der Waals surface area contributed by atoms with Crippen LogP contribution in [0.3, 0.4) is 0 Å². The molecule has 1 saturated heterocycles. The van der Waals surface area contributed by atoms with E-state index in [-0.39, 0.29) is 11.9 Å². The SMILES string of the molecule is C[C@@H](C(=O)N1CCCN(c2ccccc2C#N)CC1)n1ccnc1. The van der Waals surface area contributed by atoms with Crippen LogP contribution in [-0.4, -0.2) is 46.5 Å². The van der Waals surface area contributed by atoms with Crippen LogP contribution in [0, 0.1) is 11.3 Å². The van der Waals surface area contributed by atoms with Gasteiger partial charge in [-0.2, -0.15) is 5.26 Å². The smallest absolute Gasteiger partial charge is 0.245 e. The Morgan fingerprint density at radius 2 is 2.08 bits per heavy atom. The molecule has 1 aliphatic heterocycles. The summed E-state index contributed by atoms with van der Waals surface area (Å²) in [4.78, 5) is 20.9. The van der Waals surface area contributed by atoms with E-state index in [0.29, 0.717) is 12.1 Å². The number of anilines is 1. The molecular weight excluding hydrogens is 302 g/mol. The van der Waals surface area contributed by atoms with Gasteiger partial charge in [0.1, 0.15) is 12.1 Å². The zero-order valence-electron chi connectivity index (χ0n) is 13.8. The van der Waals surface area contributed by atoms with Gasteiger partial charge in [0.05, 0.1) is 17.6 Å². The average molecular weight is 323 g/mol. The van der Waals surface area contributed by atoms with Gasteiger partial charge in [0.15, 0.2) is 0 Å². The monoisotopic (exact) mass is 323 g/mol. The van der Waals surface area contributed by atoms with Crippen molar-refractivity contribution in [2.24, 2.45) is 0 Å². The number of nitriles is 1. The van der Waals surface area contributed by atoms with E-state index in [1.807, 2.05) is 46.9 Å². The number of nitrogens with zero attached hydrogens (tertiary/aromatic N) is 5. The van der Waals surface area contributed by atoms with Crippen molar-refractivity contribution in [2.45, 2.75) is 19.4 Å². The highest BCUT2D eigenvalue weighted by atomic mass is 16.2. The maximum Gasteiger partial charge on any atom is 0.245 e. The van der Waals surface area contributed by atoms with Crippen molar-refractivity contribution >= 4 is 11.6 Å². The topological polar surface area (TPSA) is 65.2 Å². The Labute approximate surface area is 141 Å². The molecule has 3 rings (SSSR count). The van der Waals surface area contributed by atoms with E-state index in [1.54, 1.807) is 12.5 Å². The molecule has 24 heavy (non-hydrogen) atoms. The molecule has 0 aliphatic carbocycles. The molecule has 1 atom stereocenters. The third-order valence-corrected chi connectivity index (χ3v) is 4.50. The molecule has 124 valence electrons. The highest BCUT2D eigenvalue weighted by molar-refractivity contribution is 5.80. The Bertz CT molecular complexity index is 734. The first-order valence-corrected chi connectivity index (χ1v) is 8.21. The van der Waals surface area contributed by atoms with Crippen molar-refractivity contribution in [3.8, 4) is 6.07 Å². The number of carbonyl (C=O) groups excluding carboxylic acids is 1. The Hall–Kier alpha value is -2.81. The number of hydrogen-bond acceptors (Lipinski definition) is 4. The van der Waals surface area contributed by atoms with E-state index in [0.717, 1.165) is 31.7 Å². The second-order valence-electron chi connectivity index (χ2n) is 5.98. The lowest BCUT2D eigenvalue weighted by atomic mass is 10.1. The minimum atomic E-state index is -0.245. The molecule has 0 bridgehead atoms. The number of carbonyl (C=O) groups is 1. The molecule has 0 unspecified atom stereocenters. The van der Waals surface area contributed by atoms with Crippen molar-refractivity contribution in [3.05, 3.63) is 48.5 Å². The fourth-order valence-electron chi connectivity index (χ4n) is 3.11. The first-order chi connectivity index (χ1) is 11.7. The zero-order valence-corrected chi connectivity index (χ0v) is 13.8. The van der Waals surface area contributed by atoms with Crippen molar-refractivity contribution in [2.75, 3.05) is 31.1 Å². The summed E-state index contributed by atoms with van der Waals surface area (Å²) in [5.74, 6) is 0.114. The second kappa shape index (κ2) is 7.18. The molecule has 0 spiro atoms. The molecule has 1 aliphatic rings. The Kier molecular flexibility index (Phi) is 4.80. The van der Waals surface area contributed by atoms with Crippen LogP contribution in [-0.2, 0) is 4.79 Å². The summed E-state index contributed by atoms with van der Waals surface area (Å²) in [6, 6.07) is 9.65. The predicted molar refractivity (Wildman–Crippen MR) is 91.5 cm³/mol. The molecule has 1 amide bonds. The first-order valence-electron chi connectivity index (χ1n) is 8.21. The summed E-state index contributed by atoms with van der Waals surface area (Å²) in [5, 5.41) is 9.29. The molecule has 1 fully saturated rings. The molecule has 2 heterocycles. The van der Waals surface area contributed by atoms with Crippen LogP contribution in [0.1, 0.15) is 24.9 Å². The normalized spacial score (nSPS) is 16.3. The lowest BCUT2D eigenvalue weighted by Gasteiger charge is -2.26. The molecular formula is C18H21N5O. The van der Waals surface area contributed by atoms with Gasteiger partial charge in [-0.15, -0.1) is 0 Å². The molecule has 1 aromatic heterocycles. The highest BCUT2D eigenvalue weighted by Gasteiger charge is 2.24. The maximum atomic E-state index is 12.7. The van der Waals surface area contributed by atoms with Crippen LogP contribution < -0.4 is 4.90 Å². The number of hydrogen-bond donors (Lipinski definition) is 0. The zero-order chi connectivity index (χ0) is 16.9. The Balaban J connectivity index is 1.69. The number of aromatic nitrogens is 2. The average Bonchev–Trinajstić information content (AvgIpc) is 3.05. The van der Waals surface area contributed by atoms with Gasteiger partial charge in [0.25, 0.3) is 0 Å². The minimum absolute atomic E-state index is 0.114. The van der Waals surface area contributed by atoms with Crippen LogP contribution in [0.25, 0.3) is 0 Å². The maximum absolute atomic E-state index is 12.7. The molecule has 0 N–H and O–H groups in total. The van der Waals surface area contributed by atoms with E-state index in [4.69, 9.17) is 0 Å². The van der Waals surface area contributed by atoms with E-state index in [2.05, 4.69) is 16.0 Å². The van der Waals surface area contributed by atoms with Gasteiger partial charge >= 0.3 is 0 Å². The van der Waals surface area contributed by atoms with E-state index < -0.39 is 0 Å². The molecule has 6 nitrogen and oxygen atoms in total. The van der Waals surface area contributed by atoms with Crippen LogP contribution in [0.5, 0.6) is 0 Å². The van der Waals surface area contributed by atoms with E-state index in [9.17, 15) is 10.1 Å². The van der Waals surface area contributed by atoms with Gasteiger partial charge in [-0.05, 0) is 25.5 Å². The Morgan fingerprint density at radius 3 is 2.83 bits per heavy atom. The van der Waals surface area contributed by atoms with Gasteiger partial charge < -0.3 is 14.4 Å². The van der Waals surface area contributed by atoms with Gasteiger partial charge in [-0.1, -0.05) is 12.1 Å². The van der Waals surface area contributed by atoms with E-state index in [1.165, 1.54) is 0 Å². The van der Waals surface area contributed by atoms with Gasteiger partial charge in [0, 0.05) is 38.6 Å². The summed E-state index contributed by atoms with van der Waals surface area (Å²) in [5.41, 5.74) is 1.64. The minimum Gasteiger partial charge on any atom is -0.369 e. The number of amides is 1. The largest absolute Gasteiger partial charge is 0.369 e. The number of benzene rings is 1. The van der Waals surface area contributed by atoms with Crippen LogP contribution in [0.15, 0.2) is 43.0 Å². The second-order valence-corrected chi connectivity index (χ2v) is 5.98. The number of rotatable bonds is 3. The summed E-state index contributed by atoms with van der Waals surface area (Å²) >= 11 is 0. The molecule has 0 saturated carbocycles. The standard InChI is InChI=1S/C18H21N5O/c1-15(23-10-7-20-14-23)18(24)22-9-4-8-21(11-12-22)17-6-3-2-5-16(17)13-19/h2-3,5-7,10,14-15H,4,8-9,11-12H2,1H3/t15-/m0/s1. The van der Waals surface area contributed by atoms with Crippen LogP contribution in [0.4, 0.5) is 5.69 Å². The number of para-hydroxylation sites is 1. The quantitative estimate of drug-likeness (QED) is 0.867. The molecule has 1 aromatic carbocycles. The van der Waals surface area contributed by atoms with E-state index >= 15 is 0 Å². The van der Waals surface area contributed by atoms with Crippen molar-refractivity contribution < 1.29 is 4.79 Å². The summed E-state index contributed by atoms with van der Waals surface area (Å²) in [7, 11) is 0. The lowest BCUT2D eigenvalue weighted by molar-refractivity contribution is -0.134. The van der Waals surface area contributed by atoms with Crippen molar-refractivity contribution in [3.63, 3.8) is 0 Å². The number of imidazole rings is 1. The third kappa shape index (κ3) is 3.25. The first kappa shape index (κ1) is 16.1. The van der Waals surface area contributed by atoms with Crippen molar-refractivity contribution in [1.82, 2.24) is 14.5 Å². The molecule has 0 radical (unpaired) electrons. The molecule has 6 heteroatoms. The highest BCUT2D eigenvalue weighted by Crippen LogP contribution is 2.22. The summed E-state index contributed by atoms with van der Waals surface area (Å²) in [6.45, 7) is 4.89. The molecule has 2 aromatic rings. The fraction of sp³-hybridized carbons (Fsp3) is 0.389. The van der Waals surface area contributed by atoms with Crippen molar-refractivity contribution in [1.29, 1.82) is 5.26 Å². The fourth-order valence-corrected chi connectivity index (χ4v) is 3.11. The van der Waals surface area contributed by atoms with Gasteiger partial charge in [-0.3, -0.25) is 4.79 Å². The lowest BCUT2D eigenvalue weighted by Crippen LogP contribution is -2.39. The summed E-state index contributed by atoms with van der Waals surface area (Å²) in [6.07, 6.45) is 6.07. The summed E-state index contributed by atoms with van der Waals surface area (Å²) < 4.78 is 1.83. The predicted octanol–water partition coefficient (Wildman–Crippen LogP) is 2.05. The van der Waals surface area contributed by atoms with Crippen LogP contribution >= 0.6 is 0 Å². The van der Waals surface area contributed by atoms with Gasteiger partial charge in [0.2, 0.25) is 5.91 Å². The van der Waals surface area contributed by atoms with Gasteiger partial charge in [-0.25, -0.2) is 4.98 Å². The van der Waals surface area contributed by atoms with Crippen LogP contribution in [0.2, 0.25) is 0 Å².